The maximum atomic E-state index is 12.0. The highest BCUT2D eigenvalue weighted by molar-refractivity contribution is 5.84. The number of nitrogens with one attached hydrogen (secondary N) is 2. The fraction of sp³-hybridized carbons (Fsp3) is 0.192. The van der Waals surface area contributed by atoms with E-state index < -0.39 is 0 Å². The number of pyridine rings is 1. The van der Waals surface area contributed by atoms with Crippen LogP contribution in [0.4, 0.5) is 11.4 Å². The highest BCUT2D eigenvalue weighted by Crippen LogP contribution is 2.29. The van der Waals surface area contributed by atoms with Gasteiger partial charge in [0.2, 0.25) is 0 Å². The summed E-state index contributed by atoms with van der Waals surface area (Å²) < 4.78 is 11.6. The minimum atomic E-state index is -0.187. The molecule has 1 saturated heterocycles. The number of para-hydroxylation sites is 2. The summed E-state index contributed by atoms with van der Waals surface area (Å²) in [5.41, 5.74) is 4.00. The molecule has 1 aromatic heterocycles. The molecule has 0 atom stereocenters. The van der Waals surface area contributed by atoms with Crippen molar-refractivity contribution in [2.24, 2.45) is 0 Å². The molecule has 0 bridgehead atoms. The topological polar surface area (TPSA) is 66.6 Å². The molecule has 1 aliphatic heterocycles. The summed E-state index contributed by atoms with van der Waals surface area (Å²) in [4.78, 5) is 17.2. The van der Waals surface area contributed by atoms with Gasteiger partial charge in [0.05, 0.1) is 18.7 Å². The molecular formula is C26H25N3O3. The number of aromatic amines is 1. The van der Waals surface area contributed by atoms with Crippen LogP contribution in [0.3, 0.4) is 0 Å². The quantitative estimate of drug-likeness (QED) is 0.464. The van der Waals surface area contributed by atoms with Crippen molar-refractivity contribution in [3.63, 3.8) is 0 Å². The molecule has 0 saturated carbocycles. The zero-order chi connectivity index (χ0) is 21.8. The number of hydrogen-bond donors (Lipinski definition) is 2. The molecular weight excluding hydrogens is 402 g/mol. The lowest BCUT2D eigenvalue weighted by Gasteiger charge is -2.30. The SMILES string of the molecule is O=c1cc(Oc2cccc(NCc3ccccc3N3CCOCC3)c2)c2ccccc2[nH]1. The molecule has 2 heterocycles. The Hall–Kier alpha value is -3.77. The number of fused-ring (bicyclic) bond motifs is 1. The van der Waals surface area contributed by atoms with Crippen molar-refractivity contribution in [3.05, 3.63) is 94.8 Å². The van der Waals surface area contributed by atoms with E-state index >= 15 is 0 Å². The van der Waals surface area contributed by atoms with Crippen molar-refractivity contribution < 1.29 is 9.47 Å². The van der Waals surface area contributed by atoms with Crippen molar-refractivity contribution in [1.29, 1.82) is 0 Å². The summed E-state index contributed by atoms with van der Waals surface area (Å²) in [6.45, 7) is 4.04. The van der Waals surface area contributed by atoms with Crippen molar-refractivity contribution in [2.45, 2.75) is 6.54 Å². The van der Waals surface area contributed by atoms with Gasteiger partial charge < -0.3 is 24.7 Å². The third-order valence-electron chi connectivity index (χ3n) is 5.60. The van der Waals surface area contributed by atoms with Crippen molar-refractivity contribution in [2.75, 3.05) is 36.5 Å². The van der Waals surface area contributed by atoms with Gasteiger partial charge in [0.25, 0.3) is 5.56 Å². The zero-order valence-corrected chi connectivity index (χ0v) is 17.7. The van der Waals surface area contributed by atoms with E-state index in [1.807, 2.05) is 48.5 Å². The molecule has 2 N–H and O–H groups in total. The van der Waals surface area contributed by atoms with Crippen LogP contribution in [0.1, 0.15) is 5.56 Å². The fourth-order valence-corrected chi connectivity index (χ4v) is 4.02. The molecule has 0 spiro atoms. The number of rotatable bonds is 6. The van der Waals surface area contributed by atoms with Gasteiger partial charge in [0.15, 0.2) is 0 Å². The first kappa shape index (κ1) is 20.2. The summed E-state index contributed by atoms with van der Waals surface area (Å²) in [7, 11) is 0. The van der Waals surface area contributed by atoms with Crippen LogP contribution in [0.15, 0.2) is 83.7 Å². The molecule has 0 radical (unpaired) electrons. The molecule has 0 aliphatic carbocycles. The van der Waals surface area contributed by atoms with Crippen LogP contribution in [0.25, 0.3) is 10.9 Å². The van der Waals surface area contributed by atoms with E-state index in [0.717, 1.165) is 42.9 Å². The Bertz CT molecular complexity index is 1280. The minimum Gasteiger partial charge on any atom is -0.456 e. The van der Waals surface area contributed by atoms with Gasteiger partial charge in [0.1, 0.15) is 11.5 Å². The summed E-state index contributed by atoms with van der Waals surface area (Å²) in [5, 5.41) is 4.37. The molecule has 32 heavy (non-hydrogen) atoms. The van der Waals surface area contributed by atoms with Crippen LogP contribution in [-0.4, -0.2) is 31.3 Å². The lowest BCUT2D eigenvalue weighted by Crippen LogP contribution is -2.36. The average Bonchev–Trinajstić information content (AvgIpc) is 2.84. The van der Waals surface area contributed by atoms with Crippen LogP contribution in [0, 0.1) is 0 Å². The van der Waals surface area contributed by atoms with E-state index in [1.165, 1.54) is 17.3 Å². The Balaban J connectivity index is 1.34. The lowest BCUT2D eigenvalue weighted by molar-refractivity contribution is 0.122. The number of aromatic nitrogens is 1. The number of nitrogens with zero attached hydrogens (tertiary/aromatic N) is 1. The van der Waals surface area contributed by atoms with Crippen LogP contribution in [0.2, 0.25) is 0 Å². The second kappa shape index (κ2) is 9.16. The normalized spacial score (nSPS) is 13.8. The summed E-state index contributed by atoms with van der Waals surface area (Å²) in [6, 6.07) is 25.4. The van der Waals surface area contributed by atoms with Crippen LogP contribution >= 0.6 is 0 Å². The number of anilines is 2. The van der Waals surface area contributed by atoms with Gasteiger partial charge in [-0.25, -0.2) is 0 Å². The van der Waals surface area contributed by atoms with E-state index in [9.17, 15) is 4.79 Å². The number of H-pyrrole nitrogens is 1. The number of benzene rings is 3. The van der Waals surface area contributed by atoms with Crippen molar-refractivity contribution in [1.82, 2.24) is 4.98 Å². The average molecular weight is 428 g/mol. The van der Waals surface area contributed by atoms with Gasteiger partial charge in [-0.15, -0.1) is 0 Å². The van der Waals surface area contributed by atoms with E-state index in [0.29, 0.717) is 18.0 Å². The molecule has 1 fully saturated rings. The predicted molar refractivity (Wildman–Crippen MR) is 128 cm³/mol. The Morgan fingerprint density at radius 1 is 0.938 bits per heavy atom. The van der Waals surface area contributed by atoms with Gasteiger partial charge in [-0.2, -0.15) is 0 Å². The molecule has 0 unspecified atom stereocenters. The lowest BCUT2D eigenvalue weighted by atomic mass is 10.1. The third kappa shape index (κ3) is 4.45. The Labute approximate surface area is 186 Å². The largest absolute Gasteiger partial charge is 0.456 e. The number of morpholine rings is 1. The molecule has 3 aromatic carbocycles. The summed E-state index contributed by atoms with van der Waals surface area (Å²) >= 11 is 0. The van der Waals surface area contributed by atoms with Gasteiger partial charge in [-0.1, -0.05) is 36.4 Å². The van der Waals surface area contributed by atoms with Crippen LogP contribution in [0.5, 0.6) is 11.5 Å². The van der Waals surface area contributed by atoms with E-state index in [1.54, 1.807) is 0 Å². The fourth-order valence-electron chi connectivity index (χ4n) is 4.02. The van der Waals surface area contributed by atoms with Gasteiger partial charge in [0, 0.05) is 48.5 Å². The van der Waals surface area contributed by atoms with Crippen molar-refractivity contribution in [3.8, 4) is 11.5 Å². The third-order valence-corrected chi connectivity index (χ3v) is 5.60. The highest BCUT2D eigenvalue weighted by atomic mass is 16.5. The molecule has 6 heteroatoms. The van der Waals surface area contributed by atoms with E-state index in [-0.39, 0.29) is 5.56 Å². The smallest absolute Gasteiger partial charge is 0.252 e. The predicted octanol–water partition coefficient (Wildman–Crippen LogP) is 4.77. The standard InChI is InChI=1S/C26H25N3O3/c30-26-17-25(22-9-2-3-10-23(22)28-26)32-21-8-5-7-20(16-21)27-18-19-6-1-4-11-24(19)29-12-14-31-15-13-29/h1-11,16-17,27H,12-15,18H2,(H,28,30). The van der Waals surface area contributed by atoms with Gasteiger partial charge in [-0.3, -0.25) is 4.79 Å². The van der Waals surface area contributed by atoms with Crippen LogP contribution < -0.4 is 20.5 Å². The first-order valence-electron chi connectivity index (χ1n) is 10.8. The zero-order valence-electron chi connectivity index (χ0n) is 17.7. The monoisotopic (exact) mass is 427 g/mol. The molecule has 5 rings (SSSR count). The van der Waals surface area contributed by atoms with E-state index in [4.69, 9.17) is 9.47 Å². The highest BCUT2D eigenvalue weighted by Gasteiger charge is 2.14. The summed E-state index contributed by atoms with van der Waals surface area (Å²) in [5.74, 6) is 1.21. The first-order chi connectivity index (χ1) is 15.8. The second-order valence-electron chi connectivity index (χ2n) is 7.76. The Kier molecular flexibility index (Phi) is 5.77. The maximum absolute atomic E-state index is 12.0. The summed E-state index contributed by atoms with van der Waals surface area (Å²) in [6.07, 6.45) is 0. The maximum Gasteiger partial charge on any atom is 0.252 e. The Morgan fingerprint density at radius 3 is 2.66 bits per heavy atom. The minimum absolute atomic E-state index is 0.187. The molecule has 1 aliphatic rings. The molecule has 6 nitrogen and oxygen atoms in total. The number of ether oxygens (including phenoxy) is 2. The Morgan fingerprint density at radius 2 is 1.75 bits per heavy atom. The van der Waals surface area contributed by atoms with Gasteiger partial charge in [-0.05, 0) is 35.9 Å². The van der Waals surface area contributed by atoms with Gasteiger partial charge >= 0.3 is 0 Å². The first-order valence-corrected chi connectivity index (χ1v) is 10.8. The van der Waals surface area contributed by atoms with Crippen LogP contribution in [-0.2, 0) is 11.3 Å². The molecule has 0 amide bonds. The van der Waals surface area contributed by atoms with Crippen molar-refractivity contribution >= 4 is 22.3 Å². The molecule has 162 valence electrons. The van der Waals surface area contributed by atoms with E-state index in [2.05, 4.69) is 39.5 Å². The second-order valence-corrected chi connectivity index (χ2v) is 7.76. The molecule has 4 aromatic rings. The number of hydrogen-bond acceptors (Lipinski definition) is 5.